The molecule has 0 amide bonds. The first kappa shape index (κ1) is 12.7. The third kappa shape index (κ3) is 2.42. The van der Waals surface area contributed by atoms with Crippen molar-refractivity contribution in [1.29, 1.82) is 5.41 Å². The number of hydrazine groups is 1. The molecule has 17 heavy (non-hydrogen) atoms. The standard InChI is InChI=1S/C7H9N5O4S/c8-5-1-3-6(4-2-5)17(15,16)11(7(9)10)12(13)14/h1-4H,8H2,(H3,9,10). The smallest absolute Gasteiger partial charge is 0.321 e. The Morgan fingerprint density at radius 1 is 1.35 bits per heavy atom. The summed E-state index contributed by atoms with van der Waals surface area (Å²) >= 11 is 0. The van der Waals surface area contributed by atoms with Crippen molar-refractivity contribution in [3.63, 3.8) is 0 Å². The highest BCUT2D eigenvalue weighted by Crippen LogP contribution is 2.16. The second-order valence-electron chi connectivity index (χ2n) is 2.94. The molecule has 9 nitrogen and oxygen atoms in total. The summed E-state index contributed by atoms with van der Waals surface area (Å²) in [6.07, 6.45) is 0. The van der Waals surface area contributed by atoms with Crippen LogP contribution >= 0.6 is 0 Å². The van der Waals surface area contributed by atoms with E-state index in [1.807, 2.05) is 0 Å². The highest BCUT2D eigenvalue weighted by atomic mass is 32.2. The van der Waals surface area contributed by atoms with Gasteiger partial charge in [-0.05, 0) is 24.3 Å². The molecule has 10 heteroatoms. The summed E-state index contributed by atoms with van der Waals surface area (Å²) in [6.45, 7) is 0. The van der Waals surface area contributed by atoms with Gasteiger partial charge >= 0.3 is 10.0 Å². The minimum absolute atomic E-state index is 0.305. The van der Waals surface area contributed by atoms with Gasteiger partial charge in [-0.3, -0.25) is 5.41 Å². The Labute approximate surface area is 96.3 Å². The largest absolute Gasteiger partial charge is 0.399 e. The van der Waals surface area contributed by atoms with Crippen LogP contribution < -0.4 is 11.5 Å². The third-order valence-corrected chi connectivity index (χ3v) is 3.41. The number of hydrogen-bond acceptors (Lipinski definition) is 6. The van der Waals surface area contributed by atoms with Crippen molar-refractivity contribution in [2.45, 2.75) is 4.90 Å². The van der Waals surface area contributed by atoms with E-state index in [9.17, 15) is 18.5 Å². The summed E-state index contributed by atoms with van der Waals surface area (Å²) in [7, 11) is -4.49. The molecule has 0 aliphatic carbocycles. The number of nitrogens with two attached hydrogens (primary N) is 2. The molecule has 0 aliphatic heterocycles. The first-order chi connectivity index (χ1) is 7.76. The van der Waals surface area contributed by atoms with E-state index in [0.29, 0.717) is 5.69 Å². The molecule has 1 aromatic rings. The van der Waals surface area contributed by atoms with Crippen LogP contribution in [0.4, 0.5) is 5.69 Å². The maximum Gasteiger partial charge on any atom is 0.321 e. The van der Waals surface area contributed by atoms with Gasteiger partial charge in [-0.25, -0.2) is 10.1 Å². The lowest BCUT2D eigenvalue weighted by Crippen LogP contribution is -2.44. The molecule has 0 fully saturated rings. The summed E-state index contributed by atoms with van der Waals surface area (Å²) in [5, 5.41) is 16.1. The molecule has 0 heterocycles. The maximum atomic E-state index is 11.7. The molecule has 0 aliphatic rings. The monoisotopic (exact) mass is 259 g/mol. The van der Waals surface area contributed by atoms with Crippen LogP contribution in [0.1, 0.15) is 0 Å². The Morgan fingerprint density at radius 3 is 2.18 bits per heavy atom. The second-order valence-corrected chi connectivity index (χ2v) is 4.71. The predicted molar refractivity (Wildman–Crippen MR) is 58.8 cm³/mol. The first-order valence-corrected chi connectivity index (χ1v) is 5.60. The quantitative estimate of drug-likeness (QED) is 0.215. The molecule has 0 saturated carbocycles. The lowest BCUT2D eigenvalue weighted by molar-refractivity contribution is -0.596. The fourth-order valence-corrected chi connectivity index (χ4v) is 2.16. The van der Waals surface area contributed by atoms with Crippen molar-refractivity contribution in [1.82, 2.24) is 4.41 Å². The number of nitro groups is 1. The van der Waals surface area contributed by atoms with E-state index in [1.165, 1.54) is 12.1 Å². The maximum absolute atomic E-state index is 11.7. The summed E-state index contributed by atoms with van der Waals surface area (Å²) < 4.78 is 23.1. The topological polar surface area (TPSA) is 156 Å². The molecule has 1 rings (SSSR count). The highest BCUT2D eigenvalue weighted by Gasteiger charge is 2.35. The van der Waals surface area contributed by atoms with Crippen LogP contribution in [0.3, 0.4) is 0 Å². The Kier molecular flexibility index (Phi) is 3.18. The van der Waals surface area contributed by atoms with Gasteiger partial charge in [0.1, 0.15) is 0 Å². The van der Waals surface area contributed by atoms with E-state index < -0.39 is 25.4 Å². The van der Waals surface area contributed by atoms with Crippen molar-refractivity contribution in [3.8, 4) is 0 Å². The average molecular weight is 259 g/mol. The molecule has 0 spiro atoms. The lowest BCUT2D eigenvalue weighted by atomic mass is 10.3. The molecule has 0 bridgehead atoms. The van der Waals surface area contributed by atoms with Gasteiger partial charge < -0.3 is 11.5 Å². The highest BCUT2D eigenvalue weighted by molar-refractivity contribution is 7.89. The SMILES string of the molecule is N=C(N)N([N+](=O)[O-])S(=O)(=O)c1ccc(N)cc1. The Balaban J connectivity index is 3.31. The molecule has 0 saturated heterocycles. The molecule has 0 radical (unpaired) electrons. The van der Waals surface area contributed by atoms with Crippen molar-refractivity contribution >= 4 is 21.7 Å². The Bertz CT molecular complexity index is 538. The zero-order chi connectivity index (χ0) is 13.2. The van der Waals surface area contributed by atoms with Gasteiger partial charge in [0.25, 0.3) is 5.96 Å². The number of nitrogens with zero attached hydrogens (tertiary/aromatic N) is 2. The Hall–Kier alpha value is -2.36. The molecule has 5 N–H and O–H groups in total. The van der Waals surface area contributed by atoms with Gasteiger partial charge in [0.2, 0.25) is 0 Å². The lowest BCUT2D eigenvalue weighted by Gasteiger charge is -2.11. The van der Waals surface area contributed by atoms with Gasteiger partial charge in [-0.2, -0.15) is 8.42 Å². The third-order valence-electron chi connectivity index (χ3n) is 1.76. The van der Waals surface area contributed by atoms with Crippen LogP contribution in [-0.4, -0.2) is 23.8 Å². The van der Waals surface area contributed by atoms with Crippen LogP contribution in [0, 0.1) is 15.5 Å². The molecule has 0 aromatic heterocycles. The number of benzene rings is 1. The molecule has 92 valence electrons. The van der Waals surface area contributed by atoms with Gasteiger partial charge in [0.15, 0.2) is 5.03 Å². The number of guanidine groups is 1. The van der Waals surface area contributed by atoms with Gasteiger partial charge in [-0.1, -0.05) is 0 Å². The number of anilines is 1. The van der Waals surface area contributed by atoms with E-state index in [2.05, 4.69) is 0 Å². The molecule has 1 aromatic carbocycles. The molecular weight excluding hydrogens is 250 g/mol. The normalized spacial score (nSPS) is 10.8. The van der Waals surface area contributed by atoms with E-state index in [1.54, 1.807) is 0 Å². The summed E-state index contributed by atoms with van der Waals surface area (Å²) in [4.78, 5) is 10.2. The van der Waals surface area contributed by atoms with Gasteiger partial charge in [0, 0.05) is 5.69 Å². The van der Waals surface area contributed by atoms with Crippen molar-refractivity contribution < 1.29 is 13.5 Å². The van der Waals surface area contributed by atoms with E-state index in [0.717, 1.165) is 12.1 Å². The molecular formula is C7H9N5O4S. The first-order valence-electron chi connectivity index (χ1n) is 4.16. The van der Waals surface area contributed by atoms with Crippen LogP contribution in [0.15, 0.2) is 29.2 Å². The van der Waals surface area contributed by atoms with E-state index >= 15 is 0 Å². The van der Waals surface area contributed by atoms with Crippen LogP contribution in [0.5, 0.6) is 0 Å². The second kappa shape index (κ2) is 4.25. The minimum Gasteiger partial charge on any atom is -0.399 e. The van der Waals surface area contributed by atoms with E-state index in [-0.39, 0.29) is 4.90 Å². The average Bonchev–Trinajstić information content (AvgIpc) is 2.16. The number of sulfonamides is 1. The van der Waals surface area contributed by atoms with Crippen molar-refractivity contribution in [2.75, 3.05) is 5.73 Å². The van der Waals surface area contributed by atoms with Gasteiger partial charge in [0.05, 0.1) is 9.31 Å². The summed E-state index contributed by atoms with van der Waals surface area (Å²) in [5.74, 6) is -1.20. The minimum atomic E-state index is -4.49. The molecule has 0 unspecified atom stereocenters. The Morgan fingerprint density at radius 2 is 1.82 bits per heavy atom. The van der Waals surface area contributed by atoms with Crippen LogP contribution in [0.2, 0.25) is 0 Å². The summed E-state index contributed by atoms with van der Waals surface area (Å²) in [6, 6.07) is 4.71. The molecule has 0 atom stereocenters. The fraction of sp³-hybridized carbons (Fsp3) is 0. The number of nitrogen functional groups attached to an aromatic ring is 1. The van der Waals surface area contributed by atoms with E-state index in [4.69, 9.17) is 16.9 Å². The zero-order valence-corrected chi connectivity index (χ0v) is 9.22. The van der Waals surface area contributed by atoms with Crippen molar-refractivity contribution in [2.24, 2.45) is 5.73 Å². The van der Waals surface area contributed by atoms with Gasteiger partial charge in [-0.15, -0.1) is 0 Å². The number of hydrogen-bond donors (Lipinski definition) is 3. The number of nitrogens with one attached hydrogen (secondary N) is 1. The zero-order valence-electron chi connectivity index (χ0n) is 8.40. The van der Waals surface area contributed by atoms with Crippen LogP contribution in [0.25, 0.3) is 0 Å². The predicted octanol–water partition coefficient (Wildman–Crippen LogP) is -0.655. The van der Waals surface area contributed by atoms with Crippen LogP contribution in [-0.2, 0) is 10.0 Å². The number of rotatable bonds is 3. The fourth-order valence-electron chi connectivity index (χ4n) is 1.04. The van der Waals surface area contributed by atoms with Crippen molar-refractivity contribution in [3.05, 3.63) is 34.4 Å². The summed E-state index contributed by atoms with van der Waals surface area (Å²) in [5.41, 5.74) is 10.5.